The predicted molar refractivity (Wildman–Crippen MR) is 189 cm³/mol. The fourth-order valence-electron chi connectivity index (χ4n) is 5.84. The van der Waals surface area contributed by atoms with Crippen molar-refractivity contribution in [2.24, 2.45) is 16.8 Å². The summed E-state index contributed by atoms with van der Waals surface area (Å²) < 4.78 is 0. The van der Waals surface area contributed by atoms with E-state index in [-0.39, 0.29) is 5.78 Å². The second-order valence-electron chi connectivity index (χ2n) is 12.2. The molecule has 1 saturated heterocycles. The Bertz CT molecular complexity index is 1340. The smallest absolute Gasteiger partial charge is 0.159 e. The van der Waals surface area contributed by atoms with Crippen LogP contribution in [-0.4, -0.2) is 48.6 Å². The molecule has 1 saturated carbocycles. The molecule has 2 atom stereocenters. The molecule has 236 valence electrons. The van der Waals surface area contributed by atoms with Crippen molar-refractivity contribution in [2.45, 2.75) is 85.5 Å². The molecule has 4 heteroatoms. The van der Waals surface area contributed by atoms with Crippen LogP contribution in [0.5, 0.6) is 0 Å². The lowest BCUT2D eigenvalue weighted by atomic mass is 9.94. The molecule has 2 heterocycles. The van der Waals surface area contributed by atoms with Crippen molar-refractivity contribution in [3.8, 4) is 0 Å². The summed E-state index contributed by atoms with van der Waals surface area (Å²) in [5, 5.41) is 0. The van der Waals surface area contributed by atoms with E-state index < -0.39 is 0 Å². The van der Waals surface area contributed by atoms with Gasteiger partial charge in [-0.15, -0.1) is 0 Å². The van der Waals surface area contributed by atoms with E-state index in [0.717, 1.165) is 33.9 Å². The molecule has 4 nitrogen and oxygen atoms in total. The number of pyridine rings is 1. The highest BCUT2D eigenvalue weighted by Gasteiger charge is 2.29. The maximum atomic E-state index is 11.8. The SMILES string of the molecule is CC.CN=C(c1ccc(C=CC2CCCCN(C)CCC2)cc1)c1cc(C(C)=O)ccc1C.C[C@@H](c1ccccn1)C1CC1. The first kappa shape index (κ1) is 35.1. The number of carbonyl (C=O) groups is 1. The number of aliphatic imine (C=N–C) groups is 1. The van der Waals surface area contributed by atoms with Crippen LogP contribution < -0.4 is 0 Å². The molecule has 1 unspecified atom stereocenters. The first-order valence-electron chi connectivity index (χ1n) is 16.8. The van der Waals surface area contributed by atoms with E-state index in [1.807, 2.05) is 51.4 Å². The number of ketones is 1. The Kier molecular flexibility index (Phi) is 14.7. The third-order valence-electron chi connectivity index (χ3n) is 8.83. The van der Waals surface area contributed by atoms with E-state index in [4.69, 9.17) is 0 Å². The number of aromatic nitrogens is 1. The molecule has 0 amide bonds. The van der Waals surface area contributed by atoms with Gasteiger partial charge in [0, 0.05) is 41.5 Å². The number of aryl methyl sites for hydroxylation is 1. The van der Waals surface area contributed by atoms with Crippen LogP contribution in [-0.2, 0) is 0 Å². The van der Waals surface area contributed by atoms with Gasteiger partial charge in [-0.05, 0) is 114 Å². The van der Waals surface area contributed by atoms with Gasteiger partial charge in [-0.2, -0.15) is 0 Å². The van der Waals surface area contributed by atoms with Crippen LogP contribution in [0.1, 0.15) is 117 Å². The van der Waals surface area contributed by atoms with Crippen molar-refractivity contribution < 1.29 is 4.79 Å². The van der Waals surface area contributed by atoms with Gasteiger partial charge in [0.05, 0.1) is 5.71 Å². The molecule has 2 aliphatic rings. The summed E-state index contributed by atoms with van der Waals surface area (Å²) in [5.74, 6) is 2.35. The first-order valence-corrected chi connectivity index (χ1v) is 16.8. The van der Waals surface area contributed by atoms with Crippen LogP contribution in [0.25, 0.3) is 6.08 Å². The molecule has 3 aromatic rings. The maximum absolute atomic E-state index is 11.8. The summed E-state index contributed by atoms with van der Waals surface area (Å²) in [6.07, 6.45) is 15.8. The molecule has 44 heavy (non-hydrogen) atoms. The van der Waals surface area contributed by atoms with Gasteiger partial charge in [-0.1, -0.05) is 81.8 Å². The standard InChI is InChI=1S/C28H36N2O.C10H13N.C2H6/c1-21-10-15-26(22(2)31)20-27(21)28(29-3)25-16-13-24(14-17-25)12-11-23-8-5-6-18-30(4)19-7-9-23;1-8(9-5-6-9)10-4-2-3-7-11-10;1-2/h10-17,20,23H,5-9,18-19H2,1-4H3;2-4,7-9H,5-6H2,1H3;1-2H3/t;8-;/m.1./s1. The number of hydrogen-bond donors (Lipinski definition) is 0. The van der Waals surface area contributed by atoms with Crippen LogP contribution in [0.2, 0.25) is 0 Å². The number of rotatable bonds is 7. The van der Waals surface area contributed by atoms with Crippen LogP contribution in [0.15, 0.2) is 77.9 Å². The topological polar surface area (TPSA) is 45.6 Å². The summed E-state index contributed by atoms with van der Waals surface area (Å²) in [7, 11) is 4.06. The van der Waals surface area contributed by atoms with Gasteiger partial charge in [0.25, 0.3) is 0 Å². The van der Waals surface area contributed by atoms with Gasteiger partial charge in [-0.3, -0.25) is 14.8 Å². The van der Waals surface area contributed by atoms with Gasteiger partial charge >= 0.3 is 0 Å². The summed E-state index contributed by atoms with van der Waals surface area (Å²) in [6.45, 7) is 12.4. The molecule has 1 aromatic heterocycles. The minimum atomic E-state index is 0.0775. The average Bonchev–Trinajstić information content (AvgIpc) is 3.89. The molecule has 1 aliphatic heterocycles. The largest absolute Gasteiger partial charge is 0.306 e. The van der Waals surface area contributed by atoms with Gasteiger partial charge in [-0.25, -0.2) is 0 Å². The van der Waals surface area contributed by atoms with Crippen molar-refractivity contribution in [2.75, 3.05) is 27.2 Å². The molecular weight excluding hydrogens is 538 g/mol. The molecule has 2 fully saturated rings. The molecular formula is C40H55N3O. The normalized spacial score (nSPS) is 18.5. The third kappa shape index (κ3) is 11.0. The van der Waals surface area contributed by atoms with Gasteiger partial charge in [0.1, 0.15) is 0 Å². The summed E-state index contributed by atoms with van der Waals surface area (Å²) in [5.41, 5.74) is 7.36. The molecule has 5 rings (SSSR count). The Hall–Kier alpha value is -3.37. The fourth-order valence-corrected chi connectivity index (χ4v) is 5.84. The molecule has 0 radical (unpaired) electrons. The second kappa shape index (κ2) is 18.4. The maximum Gasteiger partial charge on any atom is 0.159 e. The van der Waals surface area contributed by atoms with E-state index in [1.165, 1.54) is 69.3 Å². The number of Topliss-reactive ketones (excluding diaryl/α,β-unsaturated/α-hetero) is 1. The minimum absolute atomic E-state index is 0.0775. The monoisotopic (exact) mass is 593 g/mol. The van der Waals surface area contributed by atoms with E-state index in [0.29, 0.717) is 11.8 Å². The highest BCUT2D eigenvalue weighted by Crippen LogP contribution is 2.41. The lowest BCUT2D eigenvalue weighted by molar-refractivity contribution is 0.101. The van der Waals surface area contributed by atoms with Gasteiger partial charge < -0.3 is 4.90 Å². The third-order valence-corrected chi connectivity index (χ3v) is 8.83. The molecule has 0 bridgehead atoms. The molecule has 0 N–H and O–H groups in total. The van der Waals surface area contributed by atoms with Gasteiger partial charge in [0.15, 0.2) is 5.78 Å². The number of allylic oxidation sites excluding steroid dienone is 1. The first-order chi connectivity index (χ1) is 21.4. The van der Waals surface area contributed by atoms with E-state index in [9.17, 15) is 4.79 Å². The zero-order valence-electron chi connectivity index (χ0n) is 28.4. The number of benzene rings is 2. The number of nitrogens with zero attached hydrogens (tertiary/aromatic N) is 3. The predicted octanol–water partition coefficient (Wildman–Crippen LogP) is 9.81. The molecule has 1 aliphatic carbocycles. The zero-order valence-corrected chi connectivity index (χ0v) is 28.4. The van der Waals surface area contributed by atoms with Crippen molar-refractivity contribution >= 4 is 17.6 Å². The van der Waals surface area contributed by atoms with Crippen molar-refractivity contribution in [1.29, 1.82) is 0 Å². The van der Waals surface area contributed by atoms with Crippen molar-refractivity contribution in [1.82, 2.24) is 9.88 Å². The highest BCUT2D eigenvalue weighted by molar-refractivity contribution is 6.14. The van der Waals surface area contributed by atoms with Crippen LogP contribution >= 0.6 is 0 Å². The zero-order chi connectivity index (χ0) is 31.9. The van der Waals surface area contributed by atoms with Crippen LogP contribution in [0.3, 0.4) is 0 Å². The van der Waals surface area contributed by atoms with E-state index in [1.54, 1.807) is 6.92 Å². The minimum Gasteiger partial charge on any atom is -0.306 e. The van der Waals surface area contributed by atoms with Crippen LogP contribution in [0, 0.1) is 18.8 Å². The van der Waals surface area contributed by atoms with Crippen molar-refractivity contribution in [3.63, 3.8) is 0 Å². The molecule has 2 aromatic carbocycles. The Morgan fingerprint density at radius 3 is 2.25 bits per heavy atom. The average molecular weight is 594 g/mol. The fraction of sp³-hybridized carbons (Fsp3) is 0.475. The number of carbonyl (C=O) groups excluding carboxylic acids is 1. The van der Waals surface area contributed by atoms with Gasteiger partial charge in [0.2, 0.25) is 0 Å². The Morgan fingerprint density at radius 2 is 1.61 bits per heavy atom. The van der Waals surface area contributed by atoms with Crippen molar-refractivity contribution in [3.05, 3.63) is 106 Å². The molecule has 0 spiro atoms. The summed E-state index contributed by atoms with van der Waals surface area (Å²) in [6, 6.07) is 20.6. The summed E-state index contributed by atoms with van der Waals surface area (Å²) >= 11 is 0. The lowest BCUT2D eigenvalue weighted by Crippen LogP contribution is -2.20. The Morgan fingerprint density at radius 1 is 0.932 bits per heavy atom. The second-order valence-corrected chi connectivity index (χ2v) is 12.2. The van der Waals surface area contributed by atoms with E-state index in [2.05, 4.69) is 84.3 Å². The van der Waals surface area contributed by atoms with Crippen LogP contribution in [0.4, 0.5) is 0 Å². The Balaban J connectivity index is 0.000000336. The van der Waals surface area contributed by atoms with E-state index >= 15 is 0 Å². The highest BCUT2D eigenvalue weighted by atomic mass is 16.1. The summed E-state index contributed by atoms with van der Waals surface area (Å²) in [4.78, 5) is 23.2. The number of hydrogen-bond acceptors (Lipinski definition) is 4. The quantitative estimate of drug-likeness (QED) is 0.202. The Labute approximate surface area is 267 Å². The lowest BCUT2D eigenvalue weighted by Gasteiger charge is -2.14.